The maximum Gasteiger partial charge on any atom is 0.119 e. The second kappa shape index (κ2) is 7.31. The molecule has 30 heavy (non-hydrogen) atoms. The fraction of sp³-hybridized carbons (Fsp3) is 0.407. The topological polar surface area (TPSA) is 17.4 Å². The molecule has 2 aromatic carbocycles. The van der Waals surface area contributed by atoms with Crippen molar-refractivity contribution in [3.05, 3.63) is 77.5 Å². The Kier molecular flexibility index (Phi) is 4.74. The van der Waals surface area contributed by atoms with Gasteiger partial charge in [0.1, 0.15) is 5.75 Å². The van der Waals surface area contributed by atoms with Crippen molar-refractivity contribution in [2.24, 2.45) is 13.0 Å². The van der Waals surface area contributed by atoms with Gasteiger partial charge >= 0.3 is 0 Å². The first-order chi connectivity index (χ1) is 14.6. The highest BCUT2D eigenvalue weighted by molar-refractivity contribution is 5.86. The van der Waals surface area contributed by atoms with E-state index in [1.54, 1.807) is 12.7 Å². The van der Waals surface area contributed by atoms with Crippen LogP contribution < -0.4 is 4.74 Å². The van der Waals surface area contributed by atoms with Gasteiger partial charge < -0.3 is 9.30 Å². The Morgan fingerprint density at radius 1 is 1.23 bits per heavy atom. The van der Waals surface area contributed by atoms with Crippen LogP contribution >= 0.6 is 0 Å². The van der Waals surface area contributed by atoms with Crippen molar-refractivity contribution in [2.75, 3.05) is 26.7 Å². The Hall–Kier alpha value is -2.52. The smallest absolute Gasteiger partial charge is 0.119 e. The largest absolute Gasteiger partial charge is 0.497 e. The molecule has 5 rings (SSSR count). The summed E-state index contributed by atoms with van der Waals surface area (Å²) in [7, 11) is 4.02. The van der Waals surface area contributed by atoms with Gasteiger partial charge in [-0.3, -0.25) is 4.90 Å². The molecule has 2 heterocycles. The summed E-state index contributed by atoms with van der Waals surface area (Å²) < 4.78 is 8.06. The number of nitrogens with zero attached hydrogens (tertiary/aromatic N) is 2. The Bertz CT molecular complexity index is 1110. The molecule has 3 aromatic rings. The molecule has 1 fully saturated rings. The van der Waals surface area contributed by atoms with Crippen molar-refractivity contribution >= 4 is 10.9 Å². The lowest BCUT2D eigenvalue weighted by Crippen LogP contribution is -2.53. The zero-order chi connectivity index (χ0) is 20.9. The van der Waals surface area contributed by atoms with E-state index in [0.29, 0.717) is 5.92 Å². The zero-order valence-corrected chi connectivity index (χ0v) is 18.4. The zero-order valence-electron chi connectivity index (χ0n) is 18.4. The Morgan fingerprint density at radius 2 is 2.10 bits per heavy atom. The summed E-state index contributed by atoms with van der Waals surface area (Å²) in [5.41, 5.74) is 7.41. The molecular formula is C27H32N2O. The minimum absolute atomic E-state index is 0.163. The second-order valence-electron chi connectivity index (χ2n) is 9.27. The summed E-state index contributed by atoms with van der Waals surface area (Å²) in [4.78, 5) is 2.58. The van der Waals surface area contributed by atoms with Crippen LogP contribution in [0.25, 0.3) is 10.9 Å². The first kappa shape index (κ1) is 19.4. The van der Waals surface area contributed by atoms with Gasteiger partial charge in [-0.1, -0.05) is 29.8 Å². The van der Waals surface area contributed by atoms with E-state index in [4.69, 9.17) is 4.74 Å². The highest BCUT2D eigenvalue weighted by Gasteiger charge is 2.48. The molecular weight excluding hydrogens is 368 g/mol. The fourth-order valence-electron chi connectivity index (χ4n) is 6.08. The molecule has 0 bridgehead atoms. The van der Waals surface area contributed by atoms with E-state index in [1.165, 1.54) is 34.1 Å². The number of methoxy groups -OCH3 is 1. The lowest BCUT2D eigenvalue weighted by atomic mass is 9.58. The first-order valence-corrected chi connectivity index (χ1v) is 11.1. The molecule has 3 heteroatoms. The Balaban J connectivity index is 1.67. The van der Waals surface area contributed by atoms with Crippen LogP contribution in [0, 0.1) is 12.8 Å². The highest BCUT2D eigenvalue weighted by Crippen LogP contribution is 2.50. The van der Waals surface area contributed by atoms with Crippen LogP contribution in [-0.2, 0) is 25.3 Å². The standard InChI is InChI=1S/C27H32N2O/c1-5-12-29-13-11-27(20-7-6-8-22(15-20)30-4)17-26-24(16-21(27)18-29)23-14-19(2)9-10-25(23)28(26)3/h5-10,14-15,21H,1,11-13,16-18H2,2-4H3. The third-order valence-corrected chi connectivity index (χ3v) is 7.69. The number of piperidine rings is 1. The van der Waals surface area contributed by atoms with Gasteiger partial charge in [0.15, 0.2) is 0 Å². The maximum absolute atomic E-state index is 5.61. The van der Waals surface area contributed by atoms with Crippen molar-refractivity contribution in [1.29, 1.82) is 0 Å². The molecule has 2 aliphatic rings. The van der Waals surface area contributed by atoms with Crippen molar-refractivity contribution in [1.82, 2.24) is 9.47 Å². The van der Waals surface area contributed by atoms with E-state index in [9.17, 15) is 0 Å². The summed E-state index contributed by atoms with van der Waals surface area (Å²) in [6.07, 6.45) is 5.47. The van der Waals surface area contributed by atoms with Crippen LogP contribution in [0.4, 0.5) is 0 Å². The molecule has 0 spiro atoms. The number of likely N-dealkylation sites (tertiary alicyclic amines) is 1. The molecule has 0 radical (unpaired) electrons. The number of fused-ring (bicyclic) bond motifs is 4. The van der Waals surface area contributed by atoms with E-state index in [0.717, 1.165) is 38.2 Å². The predicted octanol–water partition coefficient (Wildman–Crippen LogP) is 5.04. The Labute approximate surface area is 180 Å². The van der Waals surface area contributed by atoms with E-state index in [2.05, 4.69) is 72.5 Å². The molecule has 1 aromatic heterocycles. The number of hydrogen-bond donors (Lipinski definition) is 0. The lowest BCUT2D eigenvalue weighted by Gasteiger charge is -2.51. The van der Waals surface area contributed by atoms with Gasteiger partial charge in [-0.2, -0.15) is 0 Å². The van der Waals surface area contributed by atoms with Gasteiger partial charge in [-0.25, -0.2) is 0 Å². The van der Waals surface area contributed by atoms with E-state index < -0.39 is 0 Å². The molecule has 1 saturated heterocycles. The third kappa shape index (κ3) is 2.91. The first-order valence-electron chi connectivity index (χ1n) is 11.1. The minimum atomic E-state index is 0.163. The highest BCUT2D eigenvalue weighted by atomic mass is 16.5. The van der Waals surface area contributed by atoms with Gasteiger partial charge in [0.05, 0.1) is 7.11 Å². The Morgan fingerprint density at radius 3 is 2.90 bits per heavy atom. The van der Waals surface area contributed by atoms with Crippen molar-refractivity contribution in [3.8, 4) is 5.75 Å². The van der Waals surface area contributed by atoms with Crippen LogP contribution in [0.3, 0.4) is 0 Å². The molecule has 0 saturated carbocycles. The minimum Gasteiger partial charge on any atom is -0.497 e. The lowest BCUT2D eigenvalue weighted by molar-refractivity contribution is 0.0888. The van der Waals surface area contributed by atoms with Gasteiger partial charge in [-0.15, -0.1) is 6.58 Å². The normalized spacial score (nSPS) is 23.8. The van der Waals surface area contributed by atoms with Crippen LogP contribution in [0.5, 0.6) is 5.75 Å². The van der Waals surface area contributed by atoms with E-state index in [-0.39, 0.29) is 5.41 Å². The van der Waals surface area contributed by atoms with Crippen LogP contribution in [0.15, 0.2) is 55.1 Å². The molecule has 2 unspecified atom stereocenters. The number of hydrogen-bond acceptors (Lipinski definition) is 2. The molecule has 3 nitrogen and oxygen atoms in total. The van der Waals surface area contributed by atoms with E-state index >= 15 is 0 Å². The van der Waals surface area contributed by atoms with Crippen LogP contribution in [0.2, 0.25) is 0 Å². The van der Waals surface area contributed by atoms with Crippen LogP contribution in [-0.4, -0.2) is 36.2 Å². The number of benzene rings is 2. The maximum atomic E-state index is 5.61. The van der Waals surface area contributed by atoms with Gasteiger partial charge in [0.25, 0.3) is 0 Å². The fourth-order valence-corrected chi connectivity index (χ4v) is 6.08. The average molecular weight is 401 g/mol. The van der Waals surface area contributed by atoms with Gasteiger partial charge in [0.2, 0.25) is 0 Å². The van der Waals surface area contributed by atoms with Gasteiger partial charge in [-0.05, 0) is 74.0 Å². The predicted molar refractivity (Wildman–Crippen MR) is 124 cm³/mol. The summed E-state index contributed by atoms with van der Waals surface area (Å²) in [6.45, 7) is 9.42. The third-order valence-electron chi connectivity index (χ3n) is 7.69. The molecule has 1 aliphatic carbocycles. The van der Waals surface area contributed by atoms with Crippen molar-refractivity contribution in [3.63, 3.8) is 0 Å². The van der Waals surface area contributed by atoms with Crippen molar-refractivity contribution in [2.45, 2.75) is 31.6 Å². The number of ether oxygens (including phenoxy) is 1. The molecule has 2 atom stereocenters. The summed E-state index contributed by atoms with van der Waals surface area (Å²) >= 11 is 0. The molecule has 156 valence electrons. The quantitative estimate of drug-likeness (QED) is 0.571. The summed E-state index contributed by atoms with van der Waals surface area (Å²) in [5.74, 6) is 1.56. The average Bonchev–Trinajstić information content (AvgIpc) is 3.03. The molecule has 0 amide bonds. The summed E-state index contributed by atoms with van der Waals surface area (Å²) in [5, 5.41) is 1.45. The van der Waals surface area contributed by atoms with Crippen molar-refractivity contribution < 1.29 is 4.74 Å². The second-order valence-corrected chi connectivity index (χ2v) is 9.27. The monoisotopic (exact) mass is 400 g/mol. The van der Waals surface area contributed by atoms with Crippen LogP contribution in [0.1, 0.15) is 28.8 Å². The SMILES string of the molecule is C=CCN1CCC2(c3cccc(OC)c3)Cc3c(c4cc(C)ccc4n3C)CC2C1. The molecule has 1 aliphatic heterocycles. The van der Waals surface area contributed by atoms with E-state index in [1.807, 2.05) is 6.08 Å². The molecule has 0 N–H and O–H groups in total. The number of rotatable bonds is 4. The summed E-state index contributed by atoms with van der Waals surface area (Å²) in [6, 6.07) is 15.8. The number of aryl methyl sites for hydroxylation is 2. The number of aromatic nitrogens is 1. The van der Waals surface area contributed by atoms with Gasteiger partial charge in [0, 0.05) is 42.1 Å².